The zero-order valence-electron chi connectivity index (χ0n) is 14.4. The van der Waals surface area contributed by atoms with E-state index in [2.05, 4.69) is 5.10 Å². The Hall–Kier alpha value is -3.82. The van der Waals surface area contributed by atoms with Crippen molar-refractivity contribution < 1.29 is 37.3 Å². The Morgan fingerprint density at radius 1 is 1.10 bits per heavy atom. The van der Waals surface area contributed by atoms with Crippen molar-refractivity contribution in [3.63, 3.8) is 0 Å². The number of anilines is 1. The Bertz CT molecular complexity index is 1070. The van der Waals surface area contributed by atoms with Crippen LogP contribution in [0.4, 0.5) is 18.9 Å². The van der Waals surface area contributed by atoms with E-state index in [1.165, 1.54) is 30.3 Å². The third-order valence-corrected chi connectivity index (χ3v) is 4.20. The molecule has 0 saturated heterocycles. The molecule has 10 heteroatoms. The van der Waals surface area contributed by atoms with E-state index in [9.17, 15) is 27.9 Å². The summed E-state index contributed by atoms with van der Waals surface area (Å²) in [6.07, 6.45) is -3.82. The Morgan fingerprint density at radius 3 is 2.45 bits per heavy atom. The molecule has 0 aliphatic carbocycles. The van der Waals surface area contributed by atoms with Crippen LogP contribution in [0.1, 0.15) is 15.9 Å². The number of halogens is 3. The Balaban J connectivity index is 1.73. The second-order valence-corrected chi connectivity index (χ2v) is 6.07. The molecule has 0 aromatic heterocycles. The van der Waals surface area contributed by atoms with Gasteiger partial charge in [0.25, 0.3) is 5.91 Å². The van der Waals surface area contributed by atoms with Crippen molar-refractivity contribution in [1.82, 2.24) is 0 Å². The minimum atomic E-state index is -4.88. The average molecular weight is 403 g/mol. The number of carboxylic acids is 1. The van der Waals surface area contributed by atoms with Crippen molar-refractivity contribution in [2.45, 2.75) is 6.18 Å². The number of carbonyl (C=O) groups is 2. The van der Waals surface area contributed by atoms with E-state index < -0.39 is 29.3 Å². The lowest BCUT2D eigenvalue weighted by Gasteiger charge is -2.12. The quantitative estimate of drug-likeness (QED) is 0.733. The number of alkyl halides is 3. The van der Waals surface area contributed by atoms with Crippen LogP contribution in [0.3, 0.4) is 0 Å². The highest BCUT2D eigenvalue weighted by Gasteiger charge is 2.46. The van der Waals surface area contributed by atoms with Crippen LogP contribution in [0.25, 0.3) is 6.08 Å². The monoisotopic (exact) mass is 403 g/mol. The largest absolute Gasteiger partial charge is 0.545 e. The van der Waals surface area contributed by atoms with Gasteiger partial charge in [0.2, 0.25) is 6.79 Å². The van der Waals surface area contributed by atoms with Gasteiger partial charge in [0, 0.05) is 0 Å². The van der Waals surface area contributed by atoms with Gasteiger partial charge in [-0.25, -0.2) is 0 Å². The first-order chi connectivity index (χ1) is 13.7. The highest BCUT2D eigenvalue weighted by atomic mass is 19.4. The zero-order chi connectivity index (χ0) is 20.8. The van der Waals surface area contributed by atoms with Gasteiger partial charge < -0.3 is 19.4 Å². The van der Waals surface area contributed by atoms with E-state index in [1.54, 1.807) is 0 Å². The molecule has 29 heavy (non-hydrogen) atoms. The highest BCUT2D eigenvalue weighted by molar-refractivity contribution is 6.34. The predicted octanol–water partition coefficient (Wildman–Crippen LogP) is 2.13. The molecule has 4 rings (SSSR count). The molecule has 2 heterocycles. The van der Waals surface area contributed by atoms with Crippen molar-refractivity contribution in [2.24, 2.45) is 5.10 Å². The summed E-state index contributed by atoms with van der Waals surface area (Å²) >= 11 is 0. The molecule has 0 spiro atoms. The second-order valence-electron chi connectivity index (χ2n) is 6.07. The maximum Gasteiger partial charge on any atom is 0.435 e. The summed E-state index contributed by atoms with van der Waals surface area (Å²) in [6, 6.07) is 9.02. The van der Waals surface area contributed by atoms with Crippen molar-refractivity contribution >= 4 is 29.4 Å². The molecule has 0 fully saturated rings. The third kappa shape index (κ3) is 3.40. The smallest absolute Gasteiger partial charge is 0.435 e. The molecule has 2 aromatic rings. The molecule has 2 aliphatic rings. The molecule has 1 amide bonds. The normalized spacial score (nSPS) is 17.1. The molecular weight excluding hydrogens is 393 g/mol. The molecule has 2 aliphatic heterocycles. The van der Waals surface area contributed by atoms with Crippen LogP contribution < -0.4 is 19.6 Å². The maximum absolute atomic E-state index is 13.5. The van der Waals surface area contributed by atoms with E-state index >= 15 is 0 Å². The number of fused-ring (bicyclic) bond motifs is 1. The van der Waals surface area contributed by atoms with Gasteiger partial charge in [-0.15, -0.1) is 0 Å². The van der Waals surface area contributed by atoms with Crippen LogP contribution in [0.15, 0.2) is 53.1 Å². The molecule has 0 radical (unpaired) electrons. The number of ether oxygens (including phenoxy) is 2. The molecule has 0 N–H and O–H groups in total. The summed E-state index contributed by atoms with van der Waals surface area (Å²) in [7, 11) is 0. The van der Waals surface area contributed by atoms with Crippen LogP contribution >= 0.6 is 0 Å². The van der Waals surface area contributed by atoms with Crippen LogP contribution in [0, 0.1) is 0 Å². The van der Waals surface area contributed by atoms with Crippen molar-refractivity contribution in [1.29, 1.82) is 0 Å². The third-order valence-electron chi connectivity index (χ3n) is 4.20. The zero-order valence-corrected chi connectivity index (χ0v) is 14.4. The molecule has 0 unspecified atom stereocenters. The van der Waals surface area contributed by atoms with Crippen LogP contribution in [0.2, 0.25) is 0 Å². The number of amides is 1. The molecule has 148 valence electrons. The van der Waals surface area contributed by atoms with Gasteiger partial charge in [0.1, 0.15) is 0 Å². The molecule has 7 nitrogen and oxygen atoms in total. The average Bonchev–Trinajstić information content (AvgIpc) is 3.26. The lowest BCUT2D eigenvalue weighted by atomic mass is 10.1. The predicted molar refractivity (Wildman–Crippen MR) is 92.3 cm³/mol. The standard InChI is InChI=1S/C19H11F3N2O5/c20-19(21,22)16-13(7-10-1-6-14-15(8-10)29-9-28-14)17(25)24(23-16)12-4-2-11(3-5-12)18(26)27/h1-8H,9H2,(H,26,27)/p-1. The summed E-state index contributed by atoms with van der Waals surface area (Å²) in [6.45, 7) is -0.000809. The molecule has 2 aromatic carbocycles. The first-order valence-corrected chi connectivity index (χ1v) is 8.17. The Kier molecular flexibility index (Phi) is 4.26. The summed E-state index contributed by atoms with van der Waals surface area (Å²) < 4.78 is 50.8. The number of hydrogen-bond donors (Lipinski definition) is 0. The topological polar surface area (TPSA) is 91.3 Å². The second kappa shape index (κ2) is 6.66. The van der Waals surface area contributed by atoms with Gasteiger partial charge in [-0.1, -0.05) is 18.2 Å². The molecule has 0 atom stereocenters. The van der Waals surface area contributed by atoms with Crippen molar-refractivity contribution in [2.75, 3.05) is 11.8 Å². The fourth-order valence-electron chi connectivity index (χ4n) is 2.84. The van der Waals surface area contributed by atoms with E-state index in [1.807, 2.05) is 0 Å². The van der Waals surface area contributed by atoms with E-state index in [-0.39, 0.29) is 18.0 Å². The number of carbonyl (C=O) groups excluding carboxylic acids is 2. The van der Waals surface area contributed by atoms with Crippen LogP contribution in [-0.4, -0.2) is 30.6 Å². The lowest BCUT2D eigenvalue weighted by Crippen LogP contribution is -2.25. The summed E-state index contributed by atoms with van der Waals surface area (Å²) in [5.74, 6) is -1.65. The minimum absolute atomic E-state index is 0.000809. The highest BCUT2D eigenvalue weighted by Crippen LogP contribution is 2.36. The first kappa shape index (κ1) is 18.5. The maximum atomic E-state index is 13.5. The van der Waals surface area contributed by atoms with Gasteiger partial charge in [-0.3, -0.25) is 4.79 Å². The summed E-state index contributed by atoms with van der Waals surface area (Å²) in [4.78, 5) is 23.5. The number of benzene rings is 2. The van der Waals surface area contributed by atoms with E-state index in [4.69, 9.17) is 9.47 Å². The molecule has 0 saturated carbocycles. The van der Waals surface area contributed by atoms with E-state index in [0.717, 1.165) is 18.2 Å². The number of rotatable bonds is 3. The Labute approximate surface area is 161 Å². The lowest BCUT2D eigenvalue weighted by molar-refractivity contribution is -0.255. The number of carboxylic acid groups (broad SMARTS) is 1. The molecule has 0 bridgehead atoms. The van der Waals surface area contributed by atoms with Crippen molar-refractivity contribution in [3.8, 4) is 11.5 Å². The van der Waals surface area contributed by atoms with Crippen LogP contribution in [-0.2, 0) is 4.79 Å². The number of hydrazone groups is 1. The molecular formula is C19H10F3N2O5-. The number of hydrogen-bond acceptors (Lipinski definition) is 6. The SMILES string of the molecule is O=C([O-])c1ccc(N2N=C(C(F)(F)F)C(=Cc3ccc4c(c3)OCO4)C2=O)cc1. The van der Waals surface area contributed by atoms with Gasteiger partial charge in [-0.05, 0) is 41.5 Å². The van der Waals surface area contributed by atoms with Gasteiger partial charge in [-0.2, -0.15) is 23.3 Å². The minimum Gasteiger partial charge on any atom is -0.545 e. The van der Waals surface area contributed by atoms with E-state index in [0.29, 0.717) is 22.1 Å². The van der Waals surface area contributed by atoms with Crippen molar-refractivity contribution in [3.05, 3.63) is 59.2 Å². The summed E-state index contributed by atoms with van der Waals surface area (Å²) in [5.41, 5.74) is -1.92. The fraction of sp³-hybridized carbons (Fsp3) is 0.105. The van der Waals surface area contributed by atoms with Gasteiger partial charge in [0.15, 0.2) is 17.2 Å². The number of nitrogens with zero attached hydrogens (tertiary/aromatic N) is 2. The van der Waals surface area contributed by atoms with Crippen LogP contribution in [0.5, 0.6) is 11.5 Å². The fourth-order valence-corrected chi connectivity index (χ4v) is 2.84. The first-order valence-electron chi connectivity index (χ1n) is 8.17. The van der Waals surface area contributed by atoms with Gasteiger partial charge >= 0.3 is 6.18 Å². The Morgan fingerprint density at radius 2 is 1.79 bits per heavy atom. The number of aromatic carboxylic acids is 1. The van der Waals surface area contributed by atoms with Gasteiger partial charge in [0.05, 0.1) is 17.2 Å². The summed E-state index contributed by atoms with van der Waals surface area (Å²) in [5, 5.41) is 14.8.